The number of carbonyl (C=O) groups is 1. The maximum absolute atomic E-state index is 13.0. The van der Waals surface area contributed by atoms with Crippen LogP contribution in [0.5, 0.6) is 0 Å². The summed E-state index contributed by atoms with van der Waals surface area (Å²) in [7, 11) is -3.67. The van der Waals surface area contributed by atoms with Gasteiger partial charge in [0.1, 0.15) is 0 Å². The van der Waals surface area contributed by atoms with Gasteiger partial charge in [0.2, 0.25) is 5.91 Å². The molecule has 1 amide bonds. The van der Waals surface area contributed by atoms with E-state index in [9.17, 15) is 13.2 Å². The molecule has 1 saturated heterocycles. The molecule has 0 bridgehead atoms. The SMILES string of the molecule is CSc1cccc(NC(=O)CN2CCCN(Cc3cccc(C)c3)S2(=O)=O)c1. The second-order valence-electron chi connectivity index (χ2n) is 6.80. The van der Waals surface area contributed by atoms with E-state index in [1.54, 1.807) is 17.8 Å². The molecular formula is C20H25N3O3S2. The third-order valence-corrected chi connectivity index (χ3v) is 7.24. The van der Waals surface area contributed by atoms with Crippen molar-refractivity contribution in [2.24, 2.45) is 0 Å². The van der Waals surface area contributed by atoms with Gasteiger partial charge in [0.15, 0.2) is 0 Å². The summed E-state index contributed by atoms with van der Waals surface area (Å²) < 4.78 is 28.6. The molecule has 1 heterocycles. The van der Waals surface area contributed by atoms with E-state index in [0.717, 1.165) is 16.0 Å². The van der Waals surface area contributed by atoms with Crippen LogP contribution in [0.25, 0.3) is 0 Å². The standard InChI is InChI=1S/C20H25N3O3S2/c1-16-6-3-7-17(12-16)14-22-10-5-11-23(28(22,25)26)15-20(24)21-18-8-4-9-19(13-18)27-2/h3-4,6-9,12-13H,5,10-11,14-15H2,1-2H3,(H,21,24). The van der Waals surface area contributed by atoms with Crippen LogP contribution in [0, 0.1) is 6.92 Å². The monoisotopic (exact) mass is 419 g/mol. The van der Waals surface area contributed by atoms with E-state index in [2.05, 4.69) is 5.32 Å². The minimum atomic E-state index is -3.67. The lowest BCUT2D eigenvalue weighted by Gasteiger charge is -2.34. The average molecular weight is 420 g/mol. The fraction of sp³-hybridized carbons (Fsp3) is 0.350. The molecule has 1 aliphatic rings. The summed E-state index contributed by atoms with van der Waals surface area (Å²) in [6.07, 6.45) is 2.66. The molecule has 1 aliphatic heterocycles. The minimum absolute atomic E-state index is 0.184. The normalized spacial score (nSPS) is 17.4. The first-order valence-corrected chi connectivity index (χ1v) is 11.8. The zero-order chi connectivity index (χ0) is 20.1. The molecule has 28 heavy (non-hydrogen) atoms. The van der Waals surface area contributed by atoms with Crippen molar-refractivity contribution in [2.45, 2.75) is 24.8 Å². The Balaban J connectivity index is 1.66. The van der Waals surface area contributed by atoms with Crippen LogP contribution in [0.4, 0.5) is 5.69 Å². The quantitative estimate of drug-likeness (QED) is 0.731. The molecule has 0 aliphatic carbocycles. The summed E-state index contributed by atoms with van der Waals surface area (Å²) >= 11 is 1.58. The van der Waals surface area contributed by atoms with Gasteiger partial charge in [-0.2, -0.15) is 17.0 Å². The zero-order valence-electron chi connectivity index (χ0n) is 16.1. The summed E-state index contributed by atoms with van der Waals surface area (Å²) in [5.74, 6) is -0.334. The highest BCUT2D eigenvalue weighted by atomic mass is 32.2. The molecule has 1 N–H and O–H groups in total. The van der Waals surface area contributed by atoms with Crippen molar-refractivity contribution in [3.05, 3.63) is 59.7 Å². The molecule has 3 rings (SSSR count). The predicted molar refractivity (Wildman–Crippen MR) is 114 cm³/mol. The Kier molecular flexibility index (Phi) is 6.77. The number of anilines is 1. The van der Waals surface area contributed by atoms with Gasteiger partial charge >= 0.3 is 0 Å². The number of aryl methyl sites for hydroxylation is 1. The van der Waals surface area contributed by atoms with Crippen molar-refractivity contribution in [3.8, 4) is 0 Å². The molecule has 0 saturated carbocycles. The number of nitrogens with zero attached hydrogens (tertiary/aromatic N) is 2. The van der Waals surface area contributed by atoms with Crippen LogP contribution < -0.4 is 5.32 Å². The number of rotatable bonds is 6. The summed E-state index contributed by atoms with van der Waals surface area (Å²) in [5.41, 5.74) is 2.71. The number of carbonyl (C=O) groups excluding carboxylic acids is 1. The lowest BCUT2D eigenvalue weighted by molar-refractivity contribution is -0.116. The van der Waals surface area contributed by atoms with Gasteiger partial charge in [-0.05, 0) is 43.4 Å². The average Bonchev–Trinajstić information content (AvgIpc) is 2.65. The molecule has 0 radical (unpaired) electrons. The second-order valence-corrected chi connectivity index (χ2v) is 9.61. The first-order valence-electron chi connectivity index (χ1n) is 9.13. The maximum Gasteiger partial charge on any atom is 0.282 e. The summed E-state index contributed by atoms with van der Waals surface area (Å²) in [4.78, 5) is 13.5. The molecule has 150 valence electrons. The number of amides is 1. The Morgan fingerprint density at radius 3 is 2.61 bits per heavy atom. The Morgan fingerprint density at radius 2 is 1.86 bits per heavy atom. The van der Waals surface area contributed by atoms with Crippen LogP contribution in [0.3, 0.4) is 0 Å². The first-order chi connectivity index (χ1) is 13.4. The van der Waals surface area contributed by atoms with Crippen LogP contribution in [0.2, 0.25) is 0 Å². The van der Waals surface area contributed by atoms with Crippen molar-refractivity contribution >= 4 is 33.6 Å². The predicted octanol–water partition coefficient (Wildman–Crippen LogP) is 3.11. The zero-order valence-corrected chi connectivity index (χ0v) is 17.7. The number of hydrogen-bond acceptors (Lipinski definition) is 4. The largest absolute Gasteiger partial charge is 0.325 e. The van der Waals surface area contributed by atoms with Gasteiger partial charge in [0.05, 0.1) is 6.54 Å². The van der Waals surface area contributed by atoms with Crippen molar-refractivity contribution in [3.63, 3.8) is 0 Å². The van der Waals surface area contributed by atoms with E-state index < -0.39 is 10.2 Å². The van der Waals surface area contributed by atoms with Gasteiger partial charge in [-0.15, -0.1) is 11.8 Å². The molecular weight excluding hydrogens is 394 g/mol. The van der Waals surface area contributed by atoms with E-state index in [0.29, 0.717) is 31.7 Å². The Bertz CT molecular complexity index is 947. The summed E-state index contributed by atoms with van der Waals surface area (Å²) in [6.45, 7) is 2.93. The van der Waals surface area contributed by atoms with E-state index >= 15 is 0 Å². The summed E-state index contributed by atoms with van der Waals surface area (Å²) in [5, 5.41) is 2.80. The van der Waals surface area contributed by atoms with Crippen LogP contribution in [0.15, 0.2) is 53.4 Å². The summed E-state index contributed by atoms with van der Waals surface area (Å²) in [6, 6.07) is 15.3. The molecule has 0 spiro atoms. The van der Waals surface area contributed by atoms with Crippen molar-refractivity contribution in [2.75, 3.05) is 31.2 Å². The van der Waals surface area contributed by atoms with E-state index in [4.69, 9.17) is 0 Å². The van der Waals surface area contributed by atoms with Crippen molar-refractivity contribution in [1.29, 1.82) is 0 Å². The van der Waals surface area contributed by atoms with E-state index in [-0.39, 0.29) is 12.5 Å². The van der Waals surface area contributed by atoms with Gasteiger partial charge in [0.25, 0.3) is 10.2 Å². The lowest BCUT2D eigenvalue weighted by Crippen LogP contribution is -2.51. The molecule has 8 heteroatoms. The highest BCUT2D eigenvalue weighted by Gasteiger charge is 2.34. The van der Waals surface area contributed by atoms with Gasteiger partial charge in [-0.25, -0.2) is 0 Å². The van der Waals surface area contributed by atoms with Gasteiger partial charge in [-0.3, -0.25) is 4.79 Å². The Hall–Kier alpha value is -1.87. The van der Waals surface area contributed by atoms with Gasteiger partial charge < -0.3 is 5.32 Å². The maximum atomic E-state index is 13.0. The van der Waals surface area contributed by atoms with E-state index in [1.165, 1.54) is 8.61 Å². The molecule has 0 atom stereocenters. The number of benzene rings is 2. The molecule has 2 aromatic rings. The van der Waals surface area contributed by atoms with Gasteiger partial charge in [0, 0.05) is 30.2 Å². The highest BCUT2D eigenvalue weighted by molar-refractivity contribution is 7.98. The fourth-order valence-electron chi connectivity index (χ4n) is 3.21. The third kappa shape index (κ3) is 5.14. The third-order valence-electron chi connectivity index (χ3n) is 4.58. The lowest BCUT2D eigenvalue weighted by atomic mass is 10.1. The van der Waals surface area contributed by atoms with Crippen LogP contribution >= 0.6 is 11.8 Å². The molecule has 0 unspecified atom stereocenters. The first kappa shape index (κ1) is 20.9. The van der Waals surface area contributed by atoms with Crippen molar-refractivity contribution in [1.82, 2.24) is 8.61 Å². The topological polar surface area (TPSA) is 69.7 Å². The Morgan fingerprint density at radius 1 is 1.11 bits per heavy atom. The van der Waals surface area contributed by atoms with Crippen LogP contribution in [-0.2, 0) is 21.5 Å². The number of nitrogens with one attached hydrogen (secondary N) is 1. The smallest absolute Gasteiger partial charge is 0.282 e. The van der Waals surface area contributed by atoms with Crippen LogP contribution in [0.1, 0.15) is 17.5 Å². The van der Waals surface area contributed by atoms with E-state index in [1.807, 2.05) is 55.6 Å². The minimum Gasteiger partial charge on any atom is -0.325 e. The molecule has 0 aromatic heterocycles. The highest BCUT2D eigenvalue weighted by Crippen LogP contribution is 2.21. The van der Waals surface area contributed by atoms with Crippen molar-refractivity contribution < 1.29 is 13.2 Å². The second kappa shape index (κ2) is 9.09. The van der Waals surface area contributed by atoms with Crippen LogP contribution in [-0.4, -0.2) is 48.8 Å². The van der Waals surface area contributed by atoms with Gasteiger partial charge in [-0.1, -0.05) is 35.9 Å². The number of thioether (sulfide) groups is 1. The molecule has 2 aromatic carbocycles. The molecule has 1 fully saturated rings. The fourth-order valence-corrected chi connectivity index (χ4v) is 5.31. The Labute approximate surface area is 171 Å². The number of hydrogen-bond donors (Lipinski definition) is 1. The molecule has 6 nitrogen and oxygen atoms in total.